The van der Waals surface area contributed by atoms with E-state index in [9.17, 15) is 4.79 Å². The van der Waals surface area contributed by atoms with Gasteiger partial charge in [-0.3, -0.25) is 4.79 Å². The lowest BCUT2D eigenvalue weighted by Crippen LogP contribution is -2.37. The molecule has 1 aromatic rings. The highest BCUT2D eigenvalue weighted by Crippen LogP contribution is 2.40. The van der Waals surface area contributed by atoms with Gasteiger partial charge in [-0.25, -0.2) is 0 Å². The third-order valence-corrected chi connectivity index (χ3v) is 3.59. The second kappa shape index (κ2) is 4.98. The summed E-state index contributed by atoms with van der Waals surface area (Å²) >= 11 is 0. The van der Waals surface area contributed by atoms with E-state index in [0.717, 1.165) is 31.6 Å². The van der Waals surface area contributed by atoms with Crippen LogP contribution in [0.15, 0.2) is 18.2 Å². The van der Waals surface area contributed by atoms with Crippen LogP contribution in [-0.4, -0.2) is 24.8 Å². The zero-order valence-electron chi connectivity index (χ0n) is 11.9. The molecule has 1 atom stereocenters. The molecule has 0 radical (unpaired) electrons. The Balaban J connectivity index is 1.68. The lowest BCUT2D eigenvalue weighted by Gasteiger charge is -2.21. The summed E-state index contributed by atoms with van der Waals surface area (Å²) in [5.74, 6) is 0.862. The fourth-order valence-corrected chi connectivity index (χ4v) is 2.62. The van der Waals surface area contributed by atoms with Crippen molar-refractivity contribution in [2.24, 2.45) is 5.92 Å². The standard InChI is InChI=1S/C15H20N2O3/c1-15(2)19-12-6-5-11(8-13(12)20-15)17-14(18)10-4-3-7-16-9-10/h5-6,8,10,16H,3-4,7,9H2,1-2H3,(H,17,18). The summed E-state index contributed by atoms with van der Waals surface area (Å²) in [5, 5.41) is 6.20. The number of hydrogen-bond donors (Lipinski definition) is 2. The first kappa shape index (κ1) is 13.2. The quantitative estimate of drug-likeness (QED) is 0.869. The predicted molar refractivity (Wildman–Crippen MR) is 76.0 cm³/mol. The van der Waals surface area contributed by atoms with Crippen molar-refractivity contribution < 1.29 is 14.3 Å². The number of carbonyl (C=O) groups excluding carboxylic acids is 1. The van der Waals surface area contributed by atoms with Crippen molar-refractivity contribution in [3.8, 4) is 11.5 Å². The van der Waals surface area contributed by atoms with Crippen LogP contribution >= 0.6 is 0 Å². The first-order valence-corrected chi connectivity index (χ1v) is 7.07. The maximum absolute atomic E-state index is 12.2. The minimum absolute atomic E-state index is 0.0469. The Bertz CT molecular complexity index is 522. The summed E-state index contributed by atoms with van der Waals surface area (Å²) in [6.07, 6.45) is 1.99. The minimum atomic E-state index is -0.641. The van der Waals surface area contributed by atoms with Gasteiger partial charge in [0.25, 0.3) is 0 Å². The van der Waals surface area contributed by atoms with E-state index in [0.29, 0.717) is 11.5 Å². The summed E-state index contributed by atoms with van der Waals surface area (Å²) in [6.45, 7) is 5.48. The molecular formula is C15H20N2O3. The van der Waals surface area contributed by atoms with Crippen LogP contribution in [0.25, 0.3) is 0 Å². The van der Waals surface area contributed by atoms with Crippen LogP contribution < -0.4 is 20.1 Å². The lowest BCUT2D eigenvalue weighted by atomic mass is 9.99. The van der Waals surface area contributed by atoms with Gasteiger partial charge in [-0.15, -0.1) is 0 Å². The number of piperidine rings is 1. The first-order valence-electron chi connectivity index (χ1n) is 7.07. The van der Waals surface area contributed by atoms with Crippen molar-refractivity contribution in [3.63, 3.8) is 0 Å². The molecule has 1 saturated heterocycles. The van der Waals surface area contributed by atoms with E-state index >= 15 is 0 Å². The Morgan fingerprint density at radius 2 is 2.15 bits per heavy atom. The molecule has 1 aromatic carbocycles. The molecule has 1 amide bonds. The number of hydrogen-bond acceptors (Lipinski definition) is 4. The number of ether oxygens (including phenoxy) is 2. The van der Waals surface area contributed by atoms with Crippen LogP contribution in [0.2, 0.25) is 0 Å². The molecule has 5 heteroatoms. The molecule has 108 valence electrons. The van der Waals surface area contributed by atoms with Gasteiger partial charge in [0.05, 0.1) is 5.92 Å². The molecule has 0 spiro atoms. The molecule has 2 N–H and O–H groups in total. The van der Waals surface area contributed by atoms with Crippen molar-refractivity contribution in [1.29, 1.82) is 0 Å². The van der Waals surface area contributed by atoms with Gasteiger partial charge in [-0.05, 0) is 31.5 Å². The second-order valence-corrected chi connectivity index (χ2v) is 5.80. The van der Waals surface area contributed by atoms with E-state index in [2.05, 4.69) is 10.6 Å². The van der Waals surface area contributed by atoms with Crippen molar-refractivity contribution in [2.75, 3.05) is 18.4 Å². The summed E-state index contributed by atoms with van der Waals surface area (Å²) in [4.78, 5) is 12.2. The van der Waals surface area contributed by atoms with Crippen LogP contribution in [0, 0.1) is 5.92 Å². The van der Waals surface area contributed by atoms with Crippen LogP contribution in [0.1, 0.15) is 26.7 Å². The number of benzene rings is 1. The van der Waals surface area contributed by atoms with Gasteiger partial charge < -0.3 is 20.1 Å². The molecule has 0 saturated carbocycles. The molecule has 20 heavy (non-hydrogen) atoms. The van der Waals surface area contributed by atoms with E-state index in [1.807, 2.05) is 32.0 Å². The normalized spacial score (nSPS) is 23.4. The Hall–Kier alpha value is -1.75. The van der Waals surface area contributed by atoms with Crippen LogP contribution in [-0.2, 0) is 4.79 Å². The zero-order valence-corrected chi connectivity index (χ0v) is 11.9. The van der Waals surface area contributed by atoms with Gasteiger partial charge in [0, 0.05) is 32.1 Å². The fourth-order valence-electron chi connectivity index (χ4n) is 2.62. The van der Waals surface area contributed by atoms with E-state index < -0.39 is 5.79 Å². The molecule has 1 fully saturated rings. The lowest BCUT2D eigenvalue weighted by molar-refractivity contribution is -0.120. The number of anilines is 1. The maximum Gasteiger partial charge on any atom is 0.246 e. The number of carbonyl (C=O) groups is 1. The second-order valence-electron chi connectivity index (χ2n) is 5.80. The van der Waals surface area contributed by atoms with Crippen molar-refractivity contribution >= 4 is 11.6 Å². The molecule has 1 unspecified atom stereocenters. The molecule has 0 aromatic heterocycles. The summed E-state index contributed by atoms with van der Waals surface area (Å²) in [5.41, 5.74) is 0.751. The number of fused-ring (bicyclic) bond motifs is 1. The molecule has 0 aliphatic carbocycles. The van der Waals surface area contributed by atoms with E-state index in [-0.39, 0.29) is 11.8 Å². The Labute approximate surface area is 118 Å². The minimum Gasteiger partial charge on any atom is -0.449 e. The molecule has 5 nitrogen and oxygen atoms in total. The topological polar surface area (TPSA) is 59.6 Å². The van der Waals surface area contributed by atoms with Gasteiger partial charge in [0.15, 0.2) is 11.5 Å². The average molecular weight is 276 g/mol. The Morgan fingerprint density at radius 3 is 2.90 bits per heavy atom. The van der Waals surface area contributed by atoms with Gasteiger partial charge >= 0.3 is 0 Å². The summed E-state index contributed by atoms with van der Waals surface area (Å²) < 4.78 is 11.3. The largest absolute Gasteiger partial charge is 0.449 e. The Kier molecular flexibility index (Phi) is 3.30. The highest BCUT2D eigenvalue weighted by molar-refractivity contribution is 5.93. The SMILES string of the molecule is CC1(C)Oc2ccc(NC(=O)C3CCCNC3)cc2O1. The van der Waals surface area contributed by atoms with Crippen LogP contribution in [0.3, 0.4) is 0 Å². The first-order chi connectivity index (χ1) is 9.53. The molecule has 2 heterocycles. The van der Waals surface area contributed by atoms with Gasteiger partial charge in [0.2, 0.25) is 11.7 Å². The van der Waals surface area contributed by atoms with Crippen LogP contribution in [0.5, 0.6) is 11.5 Å². The van der Waals surface area contributed by atoms with E-state index in [1.54, 1.807) is 0 Å². The number of amides is 1. The van der Waals surface area contributed by atoms with Crippen molar-refractivity contribution in [3.05, 3.63) is 18.2 Å². The highest BCUT2D eigenvalue weighted by Gasteiger charge is 2.32. The monoisotopic (exact) mass is 276 g/mol. The molecule has 2 aliphatic rings. The maximum atomic E-state index is 12.2. The van der Waals surface area contributed by atoms with Gasteiger partial charge in [-0.1, -0.05) is 0 Å². The predicted octanol–water partition coefficient (Wildman–Crippen LogP) is 2.13. The fraction of sp³-hybridized carbons (Fsp3) is 0.533. The van der Waals surface area contributed by atoms with Crippen molar-refractivity contribution in [2.45, 2.75) is 32.5 Å². The number of nitrogens with one attached hydrogen (secondary N) is 2. The average Bonchev–Trinajstić information content (AvgIpc) is 2.73. The molecular weight excluding hydrogens is 256 g/mol. The van der Waals surface area contributed by atoms with Crippen molar-refractivity contribution in [1.82, 2.24) is 5.32 Å². The summed E-state index contributed by atoms with van der Waals surface area (Å²) in [6, 6.07) is 5.49. The third kappa shape index (κ3) is 2.72. The Morgan fingerprint density at radius 1 is 1.35 bits per heavy atom. The van der Waals surface area contributed by atoms with Gasteiger partial charge in [-0.2, -0.15) is 0 Å². The molecule has 3 rings (SSSR count). The van der Waals surface area contributed by atoms with E-state index in [4.69, 9.17) is 9.47 Å². The molecule has 2 aliphatic heterocycles. The zero-order chi connectivity index (χ0) is 14.2. The van der Waals surface area contributed by atoms with Gasteiger partial charge in [0.1, 0.15) is 0 Å². The third-order valence-electron chi connectivity index (χ3n) is 3.59. The number of rotatable bonds is 2. The van der Waals surface area contributed by atoms with Crippen LogP contribution in [0.4, 0.5) is 5.69 Å². The van der Waals surface area contributed by atoms with E-state index in [1.165, 1.54) is 0 Å². The smallest absolute Gasteiger partial charge is 0.246 e. The highest BCUT2D eigenvalue weighted by atomic mass is 16.7. The summed E-state index contributed by atoms with van der Waals surface area (Å²) in [7, 11) is 0. The molecule has 0 bridgehead atoms.